The Hall–Kier alpha value is -2.05. The molecule has 18 heavy (non-hydrogen) atoms. The van der Waals surface area contributed by atoms with E-state index in [-0.39, 0.29) is 0 Å². The van der Waals surface area contributed by atoms with Gasteiger partial charge >= 0.3 is 12.0 Å². The van der Waals surface area contributed by atoms with Crippen LogP contribution in [0.25, 0.3) is 0 Å². The first kappa shape index (κ1) is 14.0. The van der Waals surface area contributed by atoms with Crippen LogP contribution in [0, 0.1) is 0 Å². The molecule has 1 heterocycles. The van der Waals surface area contributed by atoms with Gasteiger partial charge in [0.1, 0.15) is 6.04 Å². The van der Waals surface area contributed by atoms with Gasteiger partial charge in [0.2, 0.25) is 0 Å². The van der Waals surface area contributed by atoms with Gasteiger partial charge < -0.3 is 15.7 Å². The van der Waals surface area contributed by atoms with Gasteiger partial charge in [-0.05, 0) is 12.5 Å². The molecule has 0 aliphatic heterocycles. The Kier molecular flexibility index (Phi) is 5.69. The Bertz CT molecular complexity index is 378. The summed E-state index contributed by atoms with van der Waals surface area (Å²) in [4.78, 5) is 22.3. The predicted molar refractivity (Wildman–Crippen MR) is 65.1 cm³/mol. The second-order valence-corrected chi connectivity index (χ2v) is 3.85. The van der Waals surface area contributed by atoms with Crippen molar-refractivity contribution in [1.82, 2.24) is 20.4 Å². The zero-order chi connectivity index (χ0) is 13.4. The number of carbonyl (C=O) groups is 2. The first-order valence-electron chi connectivity index (χ1n) is 5.88. The molecule has 0 spiro atoms. The number of aliphatic carboxylic acids is 1. The highest BCUT2D eigenvalue weighted by molar-refractivity contribution is 5.82. The van der Waals surface area contributed by atoms with Crippen LogP contribution in [0.2, 0.25) is 0 Å². The van der Waals surface area contributed by atoms with Crippen LogP contribution in [-0.4, -0.2) is 39.5 Å². The molecular formula is C11H18N4O3. The summed E-state index contributed by atoms with van der Waals surface area (Å²) in [6.07, 6.45) is 4.56. The Morgan fingerprint density at radius 3 is 2.83 bits per heavy atom. The number of carbonyl (C=O) groups excluding carboxylic acids is 1. The zero-order valence-electron chi connectivity index (χ0n) is 10.3. The summed E-state index contributed by atoms with van der Waals surface area (Å²) in [6.45, 7) is 2.81. The van der Waals surface area contributed by atoms with Crippen molar-refractivity contribution in [2.24, 2.45) is 0 Å². The molecule has 0 aliphatic rings. The standard InChI is InChI=1S/C11H18N4O3/c1-2-4-9(10(16)17)14-11(18)12-6-8-15-7-3-5-13-15/h3,5,7,9H,2,4,6,8H2,1H3,(H,16,17)(H2,12,14,18)/t9-/m1/s1. The van der Waals surface area contributed by atoms with Crippen molar-refractivity contribution in [2.75, 3.05) is 6.54 Å². The van der Waals surface area contributed by atoms with Crippen molar-refractivity contribution >= 4 is 12.0 Å². The van der Waals surface area contributed by atoms with Gasteiger partial charge in [0.15, 0.2) is 0 Å². The average molecular weight is 254 g/mol. The fourth-order valence-electron chi connectivity index (χ4n) is 1.47. The predicted octanol–water partition coefficient (Wildman–Crippen LogP) is 0.436. The summed E-state index contributed by atoms with van der Waals surface area (Å²) in [5, 5.41) is 17.9. The minimum absolute atomic E-state index is 0.395. The van der Waals surface area contributed by atoms with Crippen LogP contribution in [0.1, 0.15) is 19.8 Å². The second-order valence-electron chi connectivity index (χ2n) is 3.85. The van der Waals surface area contributed by atoms with Crippen LogP contribution in [-0.2, 0) is 11.3 Å². The van der Waals surface area contributed by atoms with E-state index in [9.17, 15) is 9.59 Å². The zero-order valence-corrected chi connectivity index (χ0v) is 10.3. The van der Waals surface area contributed by atoms with E-state index in [4.69, 9.17) is 5.11 Å². The number of carboxylic acids is 1. The number of rotatable bonds is 7. The van der Waals surface area contributed by atoms with Crippen molar-refractivity contribution < 1.29 is 14.7 Å². The molecular weight excluding hydrogens is 236 g/mol. The lowest BCUT2D eigenvalue weighted by molar-refractivity contribution is -0.139. The van der Waals surface area contributed by atoms with Gasteiger partial charge in [-0.25, -0.2) is 9.59 Å². The Morgan fingerprint density at radius 2 is 2.28 bits per heavy atom. The van der Waals surface area contributed by atoms with Gasteiger partial charge in [0.05, 0.1) is 6.54 Å². The topological polar surface area (TPSA) is 96.3 Å². The van der Waals surface area contributed by atoms with E-state index in [0.717, 1.165) is 0 Å². The van der Waals surface area contributed by atoms with Crippen LogP contribution >= 0.6 is 0 Å². The number of hydrogen-bond acceptors (Lipinski definition) is 3. The number of amides is 2. The van der Waals surface area contributed by atoms with E-state index in [2.05, 4.69) is 15.7 Å². The first-order valence-corrected chi connectivity index (χ1v) is 5.88. The molecule has 3 N–H and O–H groups in total. The van der Waals surface area contributed by atoms with Crippen molar-refractivity contribution in [3.05, 3.63) is 18.5 Å². The van der Waals surface area contributed by atoms with Gasteiger partial charge in [0.25, 0.3) is 0 Å². The van der Waals surface area contributed by atoms with Crippen molar-refractivity contribution in [1.29, 1.82) is 0 Å². The van der Waals surface area contributed by atoms with Gasteiger partial charge in [0, 0.05) is 18.9 Å². The Balaban J connectivity index is 2.25. The highest BCUT2D eigenvalue weighted by Crippen LogP contribution is 1.96. The molecule has 0 radical (unpaired) electrons. The minimum atomic E-state index is -1.01. The molecule has 1 aromatic heterocycles. The lowest BCUT2D eigenvalue weighted by atomic mass is 10.2. The van der Waals surface area contributed by atoms with Crippen LogP contribution in [0.15, 0.2) is 18.5 Å². The number of aromatic nitrogens is 2. The summed E-state index contributed by atoms with van der Waals surface area (Å²) in [7, 11) is 0. The van der Waals surface area contributed by atoms with Crippen LogP contribution in [0.4, 0.5) is 4.79 Å². The molecule has 0 saturated carbocycles. The summed E-state index contributed by atoms with van der Waals surface area (Å²) < 4.78 is 1.68. The summed E-state index contributed by atoms with van der Waals surface area (Å²) in [5.41, 5.74) is 0. The quantitative estimate of drug-likeness (QED) is 0.657. The van der Waals surface area contributed by atoms with E-state index in [1.165, 1.54) is 0 Å². The maximum atomic E-state index is 11.4. The van der Waals surface area contributed by atoms with Gasteiger partial charge in [-0.1, -0.05) is 13.3 Å². The lowest BCUT2D eigenvalue weighted by Gasteiger charge is -2.14. The smallest absolute Gasteiger partial charge is 0.326 e. The third-order valence-corrected chi connectivity index (χ3v) is 2.37. The Morgan fingerprint density at radius 1 is 1.50 bits per heavy atom. The molecule has 0 fully saturated rings. The molecule has 0 saturated heterocycles. The fraction of sp³-hybridized carbons (Fsp3) is 0.545. The molecule has 1 aromatic rings. The largest absolute Gasteiger partial charge is 0.480 e. The molecule has 7 nitrogen and oxygen atoms in total. The molecule has 0 aliphatic carbocycles. The number of urea groups is 1. The van der Waals surface area contributed by atoms with E-state index in [0.29, 0.717) is 25.9 Å². The molecule has 7 heteroatoms. The molecule has 0 aromatic carbocycles. The number of nitrogens with one attached hydrogen (secondary N) is 2. The van der Waals surface area contributed by atoms with E-state index >= 15 is 0 Å². The first-order chi connectivity index (χ1) is 8.63. The Labute approximate surface area is 105 Å². The highest BCUT2D eigenvalue weighted by Gasteiger charge is 2.18. The summed E-state index contributed by atoms with van der Waals surface area (Å²) >= 11 is 0. The fourth-order valence-corrected chi connectivity index (χ4v) is 1.47. The number of hydrogen-bond donors (Lipinski definition) is 3. The average Bonchev–Trinajstić information content (AvgIpc) is 2.81. The molecule has 1 rings (SSSR count). The van der Waals surface area contributed by atoms with Crippen LogP contribution < -0.4 is 10.6 Å². The molecule has 0 bridgehead atoms. The molecule has 100 valence electrons. The van der Waals surface area contributed by atoms with Gasteiger partial charge in [-0.15, -0.1) is 0 Å². The lowest BCUT2D eigenvalue weighted by Crippen LogP contribution is -2.46. The second kappa shape index (κ2) is 7.31. The normalized spacial score (nSPS) is 11.8. The molecule has 2 amide bonds. The number of nitrogens with zero attached hydrogens (tertiary/aromatic N) is 2. The third-order valence-electron chi connectivity index (χ3n) is 2.37. The van der Waals surface area contributed by atoms with E-state index in [1.807, 2.05) is 6.92 Å². The van der Waals surface area contributed by atoms with Crippen LogP contribution in [0.5, 0.6) is 0 Å². The van der Waals surface area contributed by atoms with Crippen molar-refractivity contribution in [3.8, 4) is 0 Å². The van der Waals surface area contributed by atoms with Crippen molar-refractivity contribution in [2.45, 2.75) is 32.4 Å². The van der Waals surface area contributed by atoms with E-state index in [1.54, 1.807) is 23.1 Å². The molecule has 1 atom stereocenters. The van der Waals surface area contributed by atoms with Gasteiger partial charge in [-0.3, -0.25) is 4.68 Å². The third kappa shape index (κ3) is 4.86. The monoisotopic (exact) mass is 254 g/mol. The highest BCUT2D eigenvalue weighted by atomic mass is 16.4. The molecule has 0 unspecified atom stereocenters. The maximum Gasteiger partial charge on any atom is 0.326 e. The maximum absolute atomic E-state index is 11.4. The summed E-state index contributed by atoms with van der Waals surface area (Å²) in [5.74, 6) is -1.01. The van der Waals surface area contributed by atoms with Crippen molar-refractivity contribution in [3.63, 3.8) is 0 Å². The van der Waals surface area contributed by atoms with Gasteiger partial charge in [-0.2, -0.15) is 5.10 Å². The number of carboxylic acid groups (broad SMARTS) is 1. The SMILES string of the molecule is CCC[C@@H](NC(=O)NCCn1cccn1)C(=O)O. The van der Waals surface area contributed by atoms with E-state index < -0.39 is 18.0 Å². The minimum Gasteiger partial charge on any atom is -0.480 e. The van der Waals surface area contributed by atoms with Crippen LogP contribution in [0.3, 0.4) is 0 Å². The summed E-state index contributed by atoms with van der Waals surface area (Å²) in [6, 6.07) is 0.490.